The summed E-state index contributed by atoms with van der Waals surface area (Å²) in [4.78, 5) is 0. The standard InChI is InChI=1S/C14H14F3IO6S/c15-14(16,17)25(19,20)24-18(12-6-2-1-3-7-12)8-4-9-21-13-22-10-5-11-23-13/h1-3,6-7,13H,5,9-11H2. The van der Waals surface area contributed by atoms with Gasteiger partial charge >= 0.3 is 151 Å². The first-order chi connectivity index (χ1) is 11.8. The maximum atomic E-state index is 12.5. The SMILES string of the molecule is O=S(=O)(OI(C#CCOC1OCCCO1)c1ccccc1)C(F)(F)F. The summed E-state index contributed by atoms with van der Waals surface area (Å²) in [5.41, 5.74) is -5.50. The topological polar surface area (TPSA) is 71.1 Å². The van der Waals surface area contributed by atoms with E-state index in [4.69, 9.17) is 14.2 Å². The van der Waals surface area contributed by atoms with E-state index in [-0.39, 0.29) is 6.61 Å². The quantitative estimate of drug-likeness (QED) is 0.357. The molecule has 0 atom stereocenters. The molecule has 6 nitrogen and oxygen atoms in total. The van der Waals surface area contributed by atoms with Gasteiger partial charge in [0.05, 0.1) is 0 Å². The molecule has 1 saturated heterocycles. The fourth-order valence-corrected chi connectivity index (χ4v) is 6.66. The van der Waals surface area contributed by atoms with Gasteiger partial charge in [0.15, 0.2) is 0 Å². The van der Waals surface area contributed by atoms with Crippen LogP contribution in [0.5, 0.6) is 0 Å². The molecule has 140 valence electrons. The molecular formula is C14H14F3IO6S. The van der Waals surface area contributed by atoms with Crippen LogP contribution in [0.2, 0.25) is 0 Å². The molecule has 25 heavy (non-hydrogen) atoms. The van der Waals surface area contributed by atoms with Crippen molar-refractivity contribution in [1.82, 2.24) is 0 Å². The predicted molar refractivity (Wildman–Crippen MR) is 89.3 cm³/mol. The molecule has 1 aromatic carbocycles. The number of ether oxygens (including phenoxy) is 3. The van der Waals surface area contributed by atoms with Crippen LogP contribution in [0.15, 0.2) is 30.3 Å². The zero-order chi connectivity index (χ0) is 18.3. The van der Waals surface area contributed by atoms with Gasteiger partial charge < -0.3 is 0 Å². The van der Waals surface area contributed by atoms with Crippen LogP contribution in [0.25, 0.3) is 0 Å². The molecule has 1 aliphatic rings. The second kappa shape index (κ2) is 9.15. The van der Waals surface area contributed by atoms with Gasteiger partial charge in [0.2, 0.25) is 0 Å². The average Bonchev–Trinajstić information content (AvgIpc) is 2.58. The molecule has 0 aliphatic carbocycles. The van der Waals surface area contributed by atoms with Gasteiger partial charge in [-0.05, 0) is 0 Å². The third-order valence-corrected chi connectivity index (χ3v) is 8.68. The minimum atomic E-state index is -5.73. The van der Waals surface area contributed by atoms with E-state index in [1.54, 1.807) is 18.2 Å². The number of halogens is 4. The van der Waals surface area contributed by atoms with Crippen molar-refractivity contribution in [1.29, 1.82) is 0 Å². The van der Waals surface area contributed by atoms with Crippen molar-refractivity contribution in [2.45, 2.75) is 18.4 Å². The van der Waals surface area contributed by atoms with E-state index >= 15 is 0 Å². The summed E-state index contributed by atoms with van der Waals surface area (Å²) in [7, 11) is -5.73. The Balaban J connectivity index is 2.07. The number of hydrogen-bond acceptors (Lipinski definition) is 6. The van der Waals surface area contributed by atoms with Gasteiger partial charge in [0, 0.05) is 0 Å². The summed E-state index contributed by atoms with van der Waals surface area (Å²) in [5, 5.41) is 0. The van der Waals surface area contributed by atoms with Gasteiger partial charge in [-0.2, -0.15) is 0 Å². The molecule has 2 rings (SSSR count). The third-order valence-electron chi connectivity index (χ3n) is 2.60. The molecule has 1 aromatic rings. The molecule has 0 N–H and O–H groups in total. The van der Waals surface area contributed by atoms with Crippen molar-refractivity contribution in [2.24, 2.45) is 0 Å². The van der Waals surface area contributed by atoms with Gasteiger partial charge in [0.25, 0.3) is 0 Å². The van der Waals surface area contributed by atoms with E-state index in [0.29, 0.717) is 16.8 Å². The summed E-state index contributed by atoms with van der Waals surface area (Å²) in [6.07, 6.45) is 0.735. The Kier molecular flexibility index (Phi) is 7.47. The Labute approximate surface area is 150 Å². The fraction of sp³-hybridized carbons (Fsp3) is 0.429. The zero-order valence-corrected chi connectivity index (χ0v) is 15.6. The molecule has 0 spiro atoms. The molecule has 0 aromatic heterocycles. The van der Waals surface area contributed by atoms with E-state index in [1.807, 2.05) is 0 Å². The van der Waals surface area contributed by atoms with Crippen LogP contribution in [0.1, 0.15) is 6.42 Å². The Bertz CT molecular complexity index is 708. The van der Waals surface area contributed by atoms with Crippen LogP contribution in [-0.2, 0) is 26.8 Å². The zero-order valence-electron chi connectivity index (χ0n) is 12.7. The van der Waals surface area contributed by atoms with Crippen LogP contribution in [-0.4, -0.2) is 40.2 Å². The van der Waals surface area contributed by atoms with Crippen molar-refractivity contribution in [2.75, 3.05) is 19.8 Å². The minimum absolute atomic E-state index is 0.194. The first-order valence-electron chi connectivity index (χ1n) is 6.89. The van der Waals surface area contributed by atoms with Crippen molar-refractivity contribution < 1.29 is 38.3 Å². The number of alkyl halides is 3. The molecule has 1 fully saturated rings. The van der Waals surface area contributed by atoms with Gasteiger partial charge in [0.1, 0.15) is 0 Å². The van der Waals surface area contributed by atoms with E-state index in [0.717, 1.165) is 6.42 Å². The van der Waals surface area contributed by atoms with E-state index < -0.39 is 42.3 Å². The van der Waals surface area contributed by atoms with Crippen LogP contribution in [0.3, 0.4) is 0 Å². The van der Waals surface area contributed by atoms with E-state index in [1.165, 1.54) is 12.1 Å². The van der Waals surface area contributed by atoms with Crippen molar-refractivity contribution in [3.8, 4) is 9.85 Å². The van der Waals surface area contributed by atoms with E-state index in [9.17, 15) is 21.6 Å². The van der Waals surface area contributed by atoms with Gasteiger partial charge in [-0.1, -0.05) is 0 Å². The Morgan fingerprint density at radius 2 is 1.84 bits per heavy atom. The first kappa shape index (κ1) is 20.4. The molecule has 0 unspecified atom stereocenters. The van der Waals surface area contributed by atoms with Gasteiger partial charge in [-0.25, -0.2) is 0 Å². The average molecular weight is 494 g/mol. The summed E-state index contributed by atoms with van der Waals surface area (Å²) in [5.74, 6) is 2.49. The van der Waals surface area contributed by atoms with E-state index in [2.05, 4.69) is 12.4 Å². The molecule has 1 aliphatic heterocycles. The van der Waals surface area contributed by atoms with Crippen molar-refractivity contribution in [3.05, 3.63) is 33.9 Å². The fourth-order valence-electron chi connectivity index (χ4n) is 1.51. The normalized spacial score (nSPS) is 16.8. The molecule has 11 heteroatoms. The molecule has 0 saturated carbocycles. The summed E-state index contributed by atoms with van der Waals surface area (Å²) in [6.45, 7) is -0.149. The van der Waals surface area contributed by atoms with Crippen molar-refractivity contribution >= 4 is 30.4 Å². The summed E-state index contributed by atoms with van der Waals surface area (Å²) in [6, 6.07) is 7.71. The first-order valence-corrected chi connectivity index (χ1v) is 11.3. The summed E-state index contributed by atoms with van der Waals surface area (Å²) < 4.78 is 82.7. The Morgan fingerprint density at radius 1 is 1.20 bits per heavy atom. The molecule has 0 radical (unpaired) electrons. The van der Waals surface area contributed by atoms with Crippen LogP contribution < -0.4 is 0 Å². The molecule has 0 amide bonds. The maximum absolute atomic E-state index is 12.5. The van der Waals surface area contributed by atoms with Crippen LogP contribution >= 0.6 is 20.2 Å². The second-order valence-electron chi connectivity index (χ2n) is 4.47. The number of hydrogen-bond donors (Lipinski definition) is 0. The molecule has 1 heterocycles. The Hall–Kier alpha value is -0.910. The monoisotopic (exact) mass is 494 g/mol. The molecular weight excluding hydrogens is 480 g/mol. The van der Waals surface area contributed by atoms with Gasteiger partial charge in [-0.15, -0.1) is 0 Å². The van der Waals surface area contributed by atoms with Crippen LogP contribution in [0, 0.1) is 13.4 Å². The van der Waals surface area contributed by atoms with Gasteiger partial charge in [-0.3, -0.25) is 0 Å². The summed E-state index contributed by atoms with van der Waals surface area (Å²) >= 11 is -3.43. The number of benzene rings is 1. The molecule has 0 bridgehead atoms. The predicted octanol–water partition coefficient (Wildman–Crippen LogP) is 2.84. The second-order valence-corrected chi connectivity index (χ2v) is 10.3. The third kappa shape index (κ3) is 6.39. The number of rotatable bonds is 5. The van der Waals surface area contributed by atoms with Crippen molar-refractivity contribution in [3.63, 3.8) is 0 Å². The Morgan fingerprint density at radius 3 is 2.44 bits per heavy atom. The van der Waals surface area contributed by atoms with Crippen LogP contribution in [0.4, 0.5) is 13.2 Å².